The normalized spacial score (nSPS) is 12.3. The Morgan fingerprint density at radius 1 is 0.943 bits per heavy atom. The van der Waals surface area contributed by atoms with Crippen LogP contribution < -0.4 is 9.47 Å². The molecule has 3 rings (SSSR count). The molecule has 35 heavy (non-hydrogen) atoms. The maximum atomic E-state index is 14.9. The van der Waals surface area contributed by atoms with Crippen LogP contribution >= 0.6 is 0 Å². The zero-order valence-electron chi connectivity index (χ0n) is 21.8. The third-order valence-corrected chi connectivity index (χ3v) is 6.28. The van der Waals surface area contributed by atoms with Gasteiger partial charge in [-0.1, -0.05) is 58.4 Å². The highest BCUT2D eigenvalue weighted by molar-refractivity contribution is 5.76. The van der Waals surface area contributed by atoms with E-state index in [2.05, 4.69) is 45.9 Å². The van der Waals surface area contributed by atoms with Gasteiger partial charge < -0.3 is 14.3 Å². The SMILES string of the molecule is CCC[C@@H](CC(C)=O)c1ccc(OCc2ccc(C(C)(C)C)c(-c3cc(OC)ccc3F)c2)cc1. The van der Waals surface area contributed by atoms with E-state index in [1.807, 2.05) is 24.3 Å². The van der Waals surface area contributed by atoms with E-state index >= 15 is 0 Å². The zero-order chi connectivity index (χ0) is 25.6. The summed E-state index contributed by atoms with van der Waals surface area (Å²) in [7, 11) is 1.59. The van der Waals surface area contributed by atoms with Crippen molar-refractivity contribution in [3.8, 4) is 22.6 Å². The average molecular weight is 477 g/mol. The first-order valence-corrected chi connectivity index (χ1v) is 12.3. The molecule has 0 bridgehead atoms. The Morgan fingerprint density at radius 2 is 1.63 bits per heavy atom. The number of ether oxygens (including phenoxy) is 2. The molecule has 3 aromatic rings. The van der Waals surface area contributed by atoms with Crippen LogP contribution in [0, 0.1) is 5.82 Å². The number of hydrogen-bond acceptors (Lipinski definition) is 3. The molecule has 0 spiro atoms. The monoisotopic (exact) mass is 476 g/mol. The summed E-state index contributed by atoms with van der Waals surface area (Å²) in [6.45, 7) is 10.5. The van der Waals surface area contributed by atoms with Gasteiger partial charge in [-0.05, 0) is 83.3 Å². The van der Waals surface area contributed by atoms with Crippen LogP contribution in [0.25, 0.3) is 11.1 Å². The van der Waals surface area contributed by atoms with Gasteiger partial charge in [-0.25, -0.2) is 4.39 Å². The Hall–Kier alpha value is -3.14. The van der Waals surface area contributed by atoms with E-state index in [-0.39, 0.29) is 22.9 Å². The van der Waals surface area contributed by atoms with Gasteiger partial charge in [0.05, 0.1) is 7.11 Å². The predicted molar refractivity (Wildman–Crippen MR) is 141 cm³/mol. The molecular formula is C31H37FO3. The van der Waals surface area contributed by atoms with Crippen molar-refractivity contribution in [2.45, 2.75) is 71.8 Å². The molecule has 0 aliphatic carbocycles. The van der Waals surface area contributed by atoms with Gasteiger partial charge in [-0.2, -0.15) is 0 Å². The number of carbonyl (C=O) groups is 1. The molecular weight excluding hydrogens is 439 g/mol. The molecule has 186 valence electrons. The van der Waals surface area contributed by atoms with E-state index in [1.54, 1.807) is 26.2 Å². The smallest absolute Gasteiger partial charge is 0.131 e. The summed E-state index contributed by atoms with van der Waals surface area (Å²) < 4.78 is 26.3. The van der Waals surface area contributed by atoms with E-state index in [0.29, 0.717) is 24.3 Å². The minimum absolute atomic E-state index is 0.158. The lowest BCUT2D eigenvalue weighted by molar-refractivity contribution is -0.117. The summed E-state index contributed by atoms with van der Waals surface area (Å²) in [6.07, 6.45) is 2.60. The highest BCUT2D eigenvalue weighted by Gasteiger charge is 2.21. The van der Waals surface area contributed by atoms with Gasteiger partial charge in [-0.3, -0.25) is 0 Å². The first kappa shape index (κ1) is 26.5. The molecule has 0 unspecified atom stereocenters. The van der Waals surface area contributed by atoms with Crippen molar-refractivity contribution >= 4 is 5.78 Å². The second-order valence-electron chi connectivity index (χ2n) is 10.2. The lowest BCUT2D eigenvalue weighted by atomic mass is 9.81. The maximum Gasteiger partial charge on any atom is 0.131 e. The highest BCUT2D eigenvalue weighted by Crippen LogP contribution is 2.37. The van der Waals surface area contributed by atoms with Crippen LogP contribution in [0.15, 0.2) is 60.7 Å². The van der Waals surface area contributed by atoms with Crippen molar-refractivity contribution in [1.82, 2.24) is 0 Å². The molecule has 0 fully saturated rings. The van der Waals surface area contributed by atoms with E-state index in [9.17, 15) is 9.18 Å². The quantitative estimate of drug-likeness (QED) is 0.295. The lowest BCUT2D eigenvalue weighted by Gasteiger charge is -2.24. The van der Waals surface area contributed by atoms with Crippen molar-refractivity contribution in [2.24, 2.45) is 0 Å². The molecule has 0 saturated heterocycles. The maximum absolute atomic E-state index is 14.9. The molecule has 0 aromatic heterocycles. The molecule has 1 atom stereocenters. The third kappa shape index (κ3) is 6.94. The number of halogens is 1. The molecule has 4 heteroatoms. The first-order chi connectivity index (χ1) is 16.6. The number of carbonyl (C=O) groups excluding carboxylic acids is 1. The summed E-state index contributed by atoms with van der Waals surface area (Å²) in [6, 6.07) is 19.0. The second kappa shape index (κ2) is 11.5. The van der Waals surface area contributed by atoms with E-state index < -0.39 is 0 Å². The fraction of sp³-hybridized carbons (Fsp3) is 0.387. The van der Waals surface area contributed by atoms with E-state index in [1.165, 1.54) is 11.6 Å². The lowest BCUT2D eigenvalue weighted by Crippen LogP contribution is -2.13. The van der Waals surface area contributed by atoms with Gasteiger partial charge in [-0.15, -0.1) is 0 Å². The van der Waals surface area contributed by atoms with Crippen molar-refractivity contribution in [1.29, 1.82) is 0 Å². The summed E-state index contributed by atoms with van der Waals surface area (Å²) in [4.78, 5) is 11.6. The molecule has 0 heterocycles. The van der Waals surface area contributed by atoms with Crippen LogP contribution in [0.2, 0.25) is 0 Å². The predicted octanol–water partition coefficient (Wildman–Crippen LogP) is 8.24. The topological polar surface area (TPSA) is 35.5 Å². The Balaban J connectivity index is 1.84. The van der Waals surface area contributed by atoms with Crippen molar-refractivity contribution < 1.29 is 18.7 Å². The molecule has 0 aliphatic rings. The molecule has 3 nitrogen and oxygen atoms in total. The van der Waals surface area contributed by atoms with Crippen LogP contribution in [-0.2, 0) is 16.8 Å². The second-order valence-corrected chi connectivity index (χ2v) is 10.2. The molecule has 0 radical (unpaired) electrons. The fourth-order valence-electron chi connectivity index (χ4n) is 4.48. The molecule has 0 N–H and O–H groups in total. The molecule has 0 aliphatic heterocycles. The number of rotatable bonds is 10. The Labute approximate surface area is 209 Å². The average Bonchev–Trinajstić information content (AvgIpc) is 2.82. The largest absolute Gasteiger partial charge is 0.497 e. The minimum atomic E-state index is -0.280. The minimum Gasteiger partial charge on any atom is -0.497 e. The highest BCUT2D eigenvalue weighted by atomic mass is 19.1. The molecule has 0 amide bonds. The first-order valence-electron chi connectivity index (χ1n) is 12.3. The van der Waals surface area contributed by atoms with E-state index in [4.69, 9.17) is 9.47 Å². The third-order valence-electron chi connectivity index (χ3n) is 6.28. The van der Waals surface area contributed by atoms with Crippen LogP contribution in [0.4, 0.5) is 4.39 Å². The Bertz CT molecular complexity index is 1140. The number of ketones is 1. The van der Waals surface area contributed by atoms with Gasteiger partial charge in [0.25, 0.3) is 0 Å². The van der Waals surface area contributed by atoms with Crippen LogP contribution in [-0.4, -0.2) is 12.9 Å². The zero-order valence-corrected chi connectivity index (χ0v) is 21.8. The summed E-state index contributed by atoms with van der Waals surface area (Å²) in [5.41, 5.74) is 4.39. The Morgan fingerprint density at radius 3 is 2.23 bits per heavy atom. The van der Waals surface area contributed by atoms with Crippen molar-refractivity contribution in [2.75, 3.05) is 7.11 Å². The summed E-state index contributed by atoms with van der Waals surface area (Å²) in [5, 5.41) is 0. The standard InChI is InChI=1S/C31H37FO3/c1-7-8-24(17-21(2)33)23-10-12-25(13-11-23)35-20-22-9-15-29(31(3,4)5)27(18-22)28-19-26(34-6)14-16-30(28)32/h9-16,18-19,24H,7-8,17,20H2,1-6H3/t24-/m0/s1. The van der Waals surface area contributed by atoms with Gasteiger partial charge in [0, 0.05) is 12.0 Å². The van der Waals surface area contributed by atoms with Crippen LogP contribution in [0.1, 0.15) is 76.5 Å². The summed E-state index contributed by atoms with van der Waals surface area (Å²) >= 11 is 0. The van der Waals surface area contributed by atoms with Gasteiger partial charge >= 0.3 is 0 Å². The number of benzene rings is 3. The van der Waals surface area contributed by atoms with Gasteiger partial charge in [0.1, 0.15) is 29.7 Å². The van der Waals surface area contributed by atoms with Crippen molar-refractivity contribution in [3.05, 3.63) is 83.2 Å². The van der Waals surface area contributed by atoms with Crippen LogP contribution in [0.5, 0.6) is 11.5 Å². The van der Waals surface area contributed by atoms with Crippen LogP contribution in [0.3, 0.4) is 0 Å². The summed E-state index contributed by atoms with van der Waals surface area (Å²) in [5.74, 6) is 1.56. The van der Waals surface area contributed by atoms with Crippen molar-refractivity contribution in [3.63, 3.8) is 0 Å². The fourth-order valence-corrected chi connectivity index (χ4v) is 4.48. The number of methoxy groups -OCH3 is 1. The van der Waals surface area contributed by atoms with Gasteiger partial charge in [0.2, 0.25) is 0 Å². The number of Topliss-reactive ketones (excluding diaryl/α,β-unsaturated/α-hetero) is 1. The van der Waals surface area contributed by atoms with E-state index in [0.717, 1.165) is 35.3 Å². The molecule has 3 aromatic carbocycles. The number of hydrogen-bond donors (Lipinski definition) is 0. The Kier molecular flexibility index (Phi) is 8.71. The van der Waals surface area contributed by atoms with Gasteiger partial charge in [0.15, 0.2) is 0 Å². The molecule has 0 saturated carbocycles.